The minimum absolute atomic E-state index is 0.327. The molecule has 4 rings (SSSR count). The number of hydrogen-bond acceptors (Lipinski definition) is 6. The van der Waals surface area contributed by atoms with Gasteiger partial charge in [0.2, 0.25) is 5.95 Å². The molecule has 128 valence electrons. The van der Waals surface area contributed by atoms with Crippen LogP contribution in [0.4, 0.5) is 5.95 Å². The molecule has 1 saturated heterocycles. The Morgan fingerprint density at radius 1 is 1.24 bits per heavy atom. The lowest BCUT2D eigenvalue weighted by Gasteiger charge is -2.30. The number of furan rings is 1. The number of aryl methyl sites for hydroxylation is 1. The molecule has 0 unspecified atom stereocenters. The average molecular weight is 336 g/mol. The number of nitrogens with zero attached hydrogens (tertiary/aromatic N) is 4. The van der Waals surface area contributed by atoms with Crippen LogP contribution in [0.1, 0.15) is 18.4 Å². The maximum Gasteiger partial charge on any atom is 0.226 e. The van der Waals surface area contributed by atoms with E-state index >= 15 is 0 Å². The molecular formula is C19H20N4O2. The fourth-order valence-electron chi connectivity index (χ4n) is 3.24. The van der Waals surface area contributed by atoms with Crippen molar-refractivity contribution in [1.82, 2.24) is 15.0 Å². The van der Waals surface area contributed by atoms with Crippen LogP contribution in [-0.4, -0.2) is 39.3 Å². The third-order valence-corrected chi connectivity index (χ3v) is 4.52. The van der Waals surface area contributed by atoms with Crippen molar-refractivity contribution >= 4 is 5.95 Å². The summed E-state index contributed by atoms with van der Waals surface area (Å²) in [7, 11) is 0. The number of pyridine rings is 1. The summed E-state index contributed by atoms with van der Waals surface area (Å²) >= 11 is 0. The predicted octanol–water partition coefficient (Wildman–Crippen LogP) is 3.07. The fraction of sp³-hybridized carbons (Fsp3) is 0.316. The van der Waals surface area contributed by atoms with Crippen molar-refractivity contribution in [3.05, 3.63) is 48.6 Å². The summed E-state index contributed by atoms with van der Waals surface area (Å²) in [4.78, 5) is 15.5. The number of aliphatic hydroxyl groups excluding tert-OH is 1. The Balaban J connectivity index is 1.81. The number of hydrogen-bond donors (Lipinski definition) is 1. The van der Waals surface area contributed by atoms with Crippen molar-refractivity contribution in [2.75, 3.05) is 18.0 Å². The van der Waals surface area contributed by atoms with Gasteiger partial charge in [0.05, 0.1) is 12.4 Å². The van der Waals surface area contributed by atoms with Crippen LogP contribution >= 0.6 is 0 Å². The molecule has 0 amide bonds. The van der Waals surface area contributed by atoms with E-state index in [1.54, 1.807) is 12.5 Å². The van der Waals surface area contributed by atoms with Gasteiger partial charge >= 0.3 is 0 Å². The molecule has 6 heteroatoms. The van der Waals surface area contributed by atoms with Gasteiger partial charge in [0, 0.05) is 37.2 Å². The summed E-state index contributed by atoms with van der Waals surface area (Å²) < 4.78 is 5.61. The van der Waals surface area contributed by atoms with Crippen LogP contribution in [0.3, 0.4) is 0 Å². The third kappa shape index (κ3) is 3.13. The first-order chi connectivity index (χ1) is 12.2. The van der Waals surface area contributed by atoms with Gasteiger partial charge in [-0.3, -0.25) is 4.98 Å². The van der Waals surface area contributed by atoms with E-state index in [0.717, 1.165) is 41.8 Å². The molecule has 1 atom stereocenters. The van der Waals surface area contributed by atoms with Crippen LogP contribution in [0.5, 0.6) is 0 Å². The second kappa shape index (κ2) is 6.64. The summed E-state index contributed by atoms with van der Waals surface area (Å²) in [6.45, 7) is 3.43. The number of aliphatic hydroxyl groups is 1. The van der Waals surface area contributed by atoms with Gasteiger partial charge in [-0.1, -0.05) is 0 Å². The van der Waals surface area contributed by atoms with Crippen molar-refractivity contribution in [2.45, 2.75) is 25.9 Å². The largest absolute Gasteiger partial charge is 0.463 e. The highest BCUT2D eigenvalue weighted by atomic mass is 16.3. The van der Waals surface area contributed by atoms with E-state index < -0.39 is 0 Å². The normalized spacial score (nSPS) is 17.7. The summed E-state index contributed by atoms with van der Waals surface area (Å²) in [6, 6.07) is 5.72. The lowest BCUT2D eigenvalue weighted by atomic mass is 10.0. The number of aromatic nitrogens is 3. The highest BCUT2D eigenvalue weighted by molar-refractivity contribution is 5.80. The van der Waals surface area contributed by atoms with Gasteiger partial charge < -0.3 is 14.4 Å². The van der Waals surface area contributed by atoms with Crippen LogP contribution in [-0.2, 0) is 0 Å². The van der Waals surface area contributed by atoms with Gasteiger partial charge in [-0.2, -0.15) is 0 Å². The van der Waals surface area contributed by atoms with E-state index in [0.29, 0.717) is 18.3 Å². The van der Waals surface area contributed by atoms with Gasteiger partial charge in [0.25, 0.3) is 0 Å². The summed E-state index contributed by atoms with van der Waals surface area (Å²) in [6.07, 6.45) is 8.52. The Bertz CT molecular complexity index is 864. The van der Waals surface area contributed by atoms with Gasteiger partial charge in [0.1, 0.15) is 5.69 Å². The molecule has 3 aromatic heterocycles. The molecule has 0 aromatic carbocycles. The molecule has 1 N–H and O–H groups in total. The van der Waals surface area contributed by atoms with Crippen LogP contribution in [0, 0.1) is 6.92 Å². The van der Waals surface area contributed by atoms with Crippen LogP contribution in [0.25, 0.3) is 22.6 Å². The maximum atomic E-state index is 9.94. The molecule has 4 heterocycles. The summed E-state index contributed by atoms with van der Waals surface area (Å²) in [5, 5.41) is 9.94. The summed E-state index contributed by atoms with van der Waals surface area (Å²) in [5.41, 5.74) is 3.76. The molecule has 3 aromatic rings. The fourth-order valence-corrected chi connectivity index (χ4v) is 3.24. The van der Waals surface area contributed by atoms with E-state index in [2.05, 4.69) is 9.97 Å². The summed E-state index contributed by atoms with van der Waals surface area (Å²) in [5.74, 6) is 1.33. The van der Waals surface area contributed by atoms with Crippen molar-refractivity contribution in [1.29, 1.82) is 0 Å². The highest BCUT2D eigenvalue weighted by Gasteiger charge is 2.22. The van der Waals surface area contributed by atoms with Crippen LogP contribution in [0.2, 0.25) is 0 Å². The zero-order chi connectivity index (χ0) is 17.2. The first kappa shape index (κ1) is 15.8. The van der Waals surface area contributed by atoms with E-state index in [1.165, 1.54) is 0 Å². The van der Waals surface area contributed by atoms with Crippen molar-refractivity contribution in [3.8, 4) is 22.6 Å². The van der Waals surface area contributed by atoms with Crippen molar-refractivity contribution < 1.29 is 9.52 Å². The van der Waals surface area contributed by atoms with Crippen molar-refractivity contribution in [2.24, 2.45) is 0 Å². The van der Waals surface area contributed by atoms with Gasteiger partial charge in [0.15, 0.2) is 5.76 Å². The zero-order valence-corrected chi connectivity index (χ0v) is 14.1. The number of β-amino-alcohol motifs (C(OH)–C–C–N with tert-alkyl or cyclic N) is 1. The van der Waals surface area contributed by atoms with Gasteiger partial charge in [-0.15, -0.1) is 0 Å². The number of rotatable bonds is 3. The quantitative estimate of drug-likeness (QED) is 0.792. The van der Waals surface area contributed by atoms with Crippen LogP contribution in [0.15, 0.2) is 47.5 Å². The highest BCUT2D eigenvalue weighted by Crippen LogP contribution is 2.33. The lowest BCUT2D eigenvalue weighted by Crippen LogP contribution is -2.39. The molecule has 1 fully saturated rings. The first-order valence-corrected chi connectivity index (χ1v) is 8.47. The smallest absolute Gasteiger partial charge is 0.226 e. The van der Waals surface area contributed by atoms with E-state index in [1.807, 2.05) is 42.4 Å². The molecule has 25 heavy (non-hydrogen) atoms. The molecule has 0 spiro atoms. The molecule has 0 radical (unpaired) electrons. The average Bonchev–Trinajstić information content (AvgIpc) is 3.16. The SMILES string of the molecule is Cc1cnccc1-c1cnc(N2CCC[C@@H](O)C2)nc1-c1ccco1. The molecule has 0 aliphatic carbocycles. The minimum atomic E-state index is -0.327. The monoisotopic (exact) mass is 336 g/mol. The Kier molecular flexibility index (Phi) is 4.19. The maximum absolute atomic E-state index is 9.94. The lowest BCUT2D eigenvalue weighted by molar-refractivity contribution is 0.153. The minimum Gasteiger partial charge on any atom is -0.463 e. The molecule has 1 aliphatic rings. The Labute approximate surface area is 146 Å². The third-order valence-electron chi connectivity index (χ3n) is 4.52. The standard InChI is InChI=1S/C19H20N4O2/c1-13-10-20-7-6-15(13)16-11-21-19(23-8-2-4-14(24)12-23)22-18(16)17-5-3-9-25-17/h3,5-7,9-11,14,24H,2,4,8,12H2,1H3/t14-/m1/s1. The Morgan fingerprint density at radius 2 is 2.16 bits per heavy atom. The second-order valence-corrected chi connectivity index (χ2v) is 6.34. The Morgan fingerprint density at radius 3 is 2.92 bits per heavy atom. The predicted molar refractivity (Wildman–Crippen MR) is 95.2 cm³/mol. The zero-order valence-electron chi connectivity index (χ0n) is 14.1. The molecule has 0 bridgehead atoms. The van der Waals surface area contributed by atoms with Crippen LogP contribution < -0.4 is 4.90 Å². The van der Waals surface area contributed by atoms with Gasteiger partial charge in [-0.05, 0) is 49.1 Å². The number of piperidine rings is 1. The molecule has 1 aliphatic heterocycles. The second-order valence-electron chi connectivity index (χ2n) is 6.34. The van der Waals surface area contributed by atoms with Crippen molar-refractivity contribution in [3.63, 3.8) is 0 Å². The first-order valence-electron chi connectivity index (χ1n) is 8.47. The molecule has 6 nitrogen and oxygen atoms in total. The number of anilines is 1. The molecule has 0 saturated carbocycles. The molecular weight excluding hydrogens is 316 g/mol. The Hall–Kier alpha value is -2.73. The van der Waals surface area contributed by atoms with Gasteiger partial charge in [-0.25, -0.2) is 9.97 Å². The van der Waals surface area contributed by atoms with E-state index in [9.17, 15) is 5.11 Å². The van der Waals surface area contributed by atoms with E-state index in [4.69, 9.17) is 9.40 Å². The topological polar surface area (TPSA) is 75.3 Å². The van der Waals surface area contributed by atoms with E-state index in [-0.39, 0.29) is 6.10 Å².